The third-order valence-corrected chi connectivity index (χ3v) is 2.30. The molecule has 0 radical (unpaired) electrons. The Morgan fingerprint density at radius 3 is 1.81 bits per heavy atom. The topological polar surface area (TPSA) is 29.5 Å². The van der Waals surface area contributed by atoms with Crippen LogP contribution in [0.15, 0.2) is 0 Å². The van der Waals surface area contributed by atoms with Crippen LogP contribution in [0.5, 0.6) is 0 Å². The molecule has 1 fully saturated rings. The second kappa shape index (κ2) is 3.73. The van der Waals surface area contributed by atoms with Gasteiger partial charge < -0.3 is 9.84 Å². The molecule has 0 spiro atoms. The van der Waals surface area contributed by atoms with Crippen molar-refractivity contribution in [2.45, 2.75) is 30.7 Å². The molecule has 2 atom stereocenters. The first kappa shape index (κ1) is 13.5. The maximum atomic E-state index is 12.9. The van der Waals surface area contributed by atoms with E-state index in [0.29, 0.717) is 0 Å². The van der Waals surface area contributed by atoms with Gasteiger partial charge in [0.15, 0.2) is 6.29 Å². The molecular weight excluding hydrogens is 249 g/mol. The Morgan fingerprint density at radius 2 is 1.50 bits per heavy atom. The van der Waals surface area contributed by atoms with Gasteiger partial charge in [0, 0.05) is 0 Å². The summed E-state index contributed by atoms with van der Waals surface area (Å²) in [6.07, 6.45) is -9.46. The van der Waals surface area contributed by atoms with Gasteiger partial charge in [-0.2, -0.15) is 30.7 Å². The summed E-state index contributed by atoms with van der Waals surface area (Å²) in [5.41, 5.74) is 0. The molecule has 1 aliphatic rings. The van der Waals surface area contributed by atoms with E-state index in [9.17, 15) is 30.7 Å². The van der Waals surface area contributed by atoms with Gasteiger partial charge in [0.25, 0.3) is 0 Å². The zero-order valence-electron chi connectivity index (χ0n) is 7.57. The molecule has 2 nitrogen and oxygen atoms in total. The Labute approximate surface area is 85.0 Å². The average molecular weight is 256 g/mol. The Morgan fingerprint density at radius 1 is 1.00 bits per heavy atom. The van der Waals surface area contributed by atoms with Crippen molar-refractivity contribution in [3.05, 3.63) is 0 Å². The molecule has 1 rings (SSSR count). The summed E-state index contributed by atoms with van der Waals surface area (Å²) in [5.74, 6) is -14.2. The van der Waals surface area contributed by atoms with Crippen molar-refractivity contribution in [1.29, 1.82) is 0 Å². The van der Waals surface area contributed by atoms with Crippen LogP contribution in [0.2, 0.25) is 0 Å². The van der Waals surface area contributed by atoms with Gasteiger partial charge in [-0.15, -0.1) is 0 Å². The Hall–Kier alpha value is -0.570. The van der Waals surface area contributed by atoms with E-state index in [1.807, 2.05) is 0 Å². The van der Waals surface area contributed by atoms with Crippen LogP contribution in [0.4, 0.5) is 30.7 Å². The van der Waals surface area contributed by atoms with Crippen molar-refractivity contribution in [2.75, 3.05) is 6.61 Å². The van der Waals surface area contributed by atoms with Crippen LogP contribution in [0.3, 0.4) is 0 Å². The summed E-state index contributed by atoms with van der Waals surface area (Å²) in [4.78, 5) is 0. The van der Waals surface area contributed by atoms with E-state index in [4.69, 9.17) is 5.11 Å². The highest BCUT2D eigenvalue weighted by Gasteiger charge is 2.76. The second-order valence-corrected chi connectivity index (χ2v) is 3.35. The van der Waals surface area contributed by atoms with Crippen LogP contribution < -0.4 is 0 Å². The largest absolute Gasteiger partial charge is 0.459 e. The van der Waals surface area contributed by atoms with E-state index in [0.717, 1.165) is 0 Å². The van der Waals surface area contributed by atoms with Crippen molar-refractivity contribution in [1.82, 2.24) is 0 Å². The summed E-state index contributed by atoms with van der Waals surface area (Å²) in [5, 5.41) is 8.75. The first-order valence-electron chi connectivity index (χ1n) is 4.14. The molecule has 1 N–H and O–H groups in total. The summed E-state index contributed by atoms with van der Waals surface area (Å²) < 4.78 is 90.3. The maximum absolute atomic E-state index is 12.9. The standard InChI is InChI=1S/C7H7F7O2/c8-5(9,3-1-2-16-4(3)15)6(10,11)7(12,13)14/h3-4,15H,1-2H2. The zero-order valence-corrected chi connectivity index (χ0v) is 7.57. The lowest BCUT2D eigenvalue weighted by atomic mass is 9.93. The predicted octanol–water partition coefficient (Wildman–Crippen LogP) is 2.17. The molecule has 1 saturated heterocycles. The first-order valence-corrected chi connectivity index (χ1v) is 4.14. The minimum absolute atomic E-state index is 0.491. The number of hydrogen-bond acceptors (Lipinski definition) is 2. The van der Waals surface area contributed by atoms with Gasteiger partial charge >= 0.3 is 18.0 Å². The fourth-order valence-corrected chi connectivity index (χ4v) is 1.36. The molecule has 0 aromatic heterocycles. The minimum Gasteiger partial charge on any atom is -0.367 e. The summed E-state index contributed by atoms with van der Waals surface area (Å²) in [6, 6.07) is 0. The number of rotatable bonds is 2. The van der Waals surface area contributed by atoms with Crippen LogP contribution in [0.1, 0.15) is 6.42 Å². The van der Waals surface area contributed by atoms with Gasteiger partial charge in [0.1, 0.15) is 0 Å². The maximum Gasteiger partial charge on any atom is 0.459 e. The zero-order chi connectivity index (χ0) is 12.8. The third-order valence-electron chi connectivity index (χ3n) is 2.30. The van der Waals surface area contributed by atoms with E-state index >= 15 is 0 Å². The van der Waals surface area contributed by atoms with Gasteiger partial charge in [0.2, 0.25) is 0 Å². The van der Waals surface area contributed by atoms with Crippen LogP contribution in [-0.4, -0.2) is 36.0 Å². The van der Waals surface area contributed by atoms with Gasteiger partial charge in [-0.1, -0.05) is 0 Å². The summed E-state index contributed by atoms with van der Waals surface area (Å²) in [6.45, 7) is -0.491. The minimum atomic E-state index is -6.38. The van der Waals surface area contributed by atoms with Crippen LogP contribution in [0.25, 0.3) is 0 Å². The highest BCUT2D eigenvalue weighted by molar-refractivity contribution is 4.97. The number of halogens is 7. The fraction of sp³-hybridized carbons (Fsp3) is 1.00. The Balaban J connectivity index is 3.00. The van der Waals surface area contributed by atoms with Crippen LogP contribution in [0, 0.1) is 5.92 Å². The van der Waals surface area contributed by atoms with E-state index in [1.165, 1.54) is 0 Å². The number of ether oxygens (including phenoxy) is 1. The molecular formula is C7H7F7O2. The summed E-state index contributed by atoms with van der Waals surface area (Å²) >= 11 is 0. The van der Waals surface area contributed by atoms with Crippen molar-refractivity contribution in [2.24, 2.45) is 5.92 Å². The summed E-state index contributed by atoms with van der Waals surface area (Å²) in [7, 11) is 0. The smallest absolute Gasteiger partial charge is 0.367 e. The monoisotopic (exact) mass is 256 g/mol. The molecule has 0 bridgehead atoms. The third kappa shape index (κ3) is 1.86. The second-order valence-electron chi connectivity index (χ2n) is 3.35. The number of aliphatic hydroxyl groups excluding tert-OH is 1. The van der Waals surface area contributed by atoms with Crippen LogP contribution >= 0.6 is 0 Å². The molecule has 0 amide bonds. The quantitative estimate of drug-likeness (QED) is 0.767. The van der Waals surface area contributed by atoms with Gasteiger partial charge in [0.05, 0.1) is 12.5 Å². The van der Waals surface area contributed by atoms with E-state index in [1.54, 1.807) is 0 Å². The molecule has 9 heteroatoms. The molecule has 2 unspecified atom stereocenters. The number of hydrogen-bond donors (Lipinski definition) is 1. The number of alkyl halides is 7. The molecule has 0 aromatic rings. The lowest BCUT2D eigenvalue weighted by Crippen LogP contribution is -2.57. The van der Waals surface area contributed by atoms with Gasteiger partial charge in [-0.25, -0.2) is 0 Å². The normalized spacial score (nSPS) is 28.5. The molecule has 1 aliphatic heterocycles. The average Bonchev–Trinajstić information content (AvgIpc) is 2.49. The predicted molar refractivity (Wildman–Crippen MR) is 36.0 cm³/mol. The van der Waals surface area contributed by atoms with Gasteiger partial charge in [-0.05, 0) is 6.42 Å². The molecule has 0 aromatic carbocycles. The fourth-order valence-electron chi connectivity index (χ4n) is 1.36. The van der Waals surface area contributed by atoms with Gasteiger partial charge in [-0.3, -0.25) is 0 Å². The van der Waals surface area contributed by atoms with E-state index < -0.39 is 43.3 Å². The van der Waals surface area contributed by atoms with E-state index in [-0.39, 0.29) is 0 Å². The SMILES string of the molecule is OC1OCCC1C(F)(F)C(F)(F)C(F)(F)F. The highest BCUT2D eigenvalue weighted by atomic mass is 19.4. The van der Waals surface area contributed by atoms with Crippen LogP contribution in [-0.2, 0) is 4.74 Å². The molecule has 96 valence electrons. The lowest BCUT2D eigenvalue weighted by Gasteiger charge is -2.32. The highest BCUT2D eigenvalue weighted by Crippen LogP contribution is 2.52. The first-order chi connectivity index (χ1) is 7.02. The lowest BCUT2D eigenvalue weighted by molar-refractivity contribution is -0.372. The Bertz CT molecular complexity index is 262. The van der Waals surface area contributed by atoms with Crippen molar-refractivity contribution in [3.63, 3.8) is 0 Å². The molecule has 0 saturated carbocycles. The Kier molecular flexibility index (Phi) is 3.14. The van der Waals surface area contributed by atoms with Crippen molar-refractivity contribution < 1.29 is 40.6 Å². The van der Waals surface area contributed by atoms with Crippen molar-refractivity contribution in [3.8, 4) is 0 Å². The molecule has 1 heterocycles. The molecule has 0 aliphatic carbocycles. The van der Waals surface area contributed by atoms with Crippen molar-refractivity contribution >= 4 is 0 Å². The van der Waals surface area contributed by atoms with E-state index in [2.05, 4.69) is 4.74 Å². The molecule has 16 heavy (non-hydrogen) atoms. The number of aliphatic hydroxyl groups is 1.